The molecule has 1 aromatic heterocycles. The summed E-state index contributed by atoms with van der Waals surface area (Å²) in [4.78, 5) is 35.9. The Balaban J connectivity index is 2.21. The van der Waals surface area contributed by atoms with Gasteiger partial charge in [0.05, 0.1) is 0 Å². The predicted molar refractivity (Wildman–Crippen MR) is 88.4 cm³/mol. The first-order valence-electron chi connectivity index (χ1n) is 7.59. The molecule has 2 aromatic rings. The number of benzene rings is 1. The molecular weight excluding hydrogens is 326 g/mol. The van der Waals surface area contributed by atoms with E-state index in [1.807, 2.05) is 30.3 Å². The maximum absolute atomic E-state index is 12.5. The number of hydrogen-bond donors (Lipinski definition) is 2. The SMILES string of the molecule is CN1C(=O)c2c(O)c(=O)c(C(=O)O)cn2C(Cc2ccccc2)N1C. The van der Waals surface area contributed by atoms with Crippen LogP contribution in [0.5, 0.6) is 5.75 Å². The largest absolute Gasteiger partial charge is 0.503 e. The molecule has 1 aliphatic rings. The number of aromatic nitrogens is 1. The molecule has 0 bridgehead atoms. The van der Waals surface area contributed by atoms with Gasteiger partial charge in [-0.05, 0) is 5.56 Å². The summed E-state index contributed by atoms with van der Waals surface area (Å²) in [5.41, 5.74) is -0.895. The number of hydrogen-bond acceptors (Lipinski definition) is 5. The summed E-state index contributed by atoms with van der Waals surface area (Å²) in [6.07, 6.45) is 1.09. The Hall–Kier alpha value is -3.13. The van der Waals surface area contributed by atoms with E-state index in [0.29, 0.717) is 6.42 Å². The van der Waals surface area contributed by atoms with E-state index in [2.05, 4.69) is 0 Å². The normalized spacial score (nSPS) is 17.4. The number of aromatic carboxylic acids is 1. The van der Waals surface area contributed by atoms with Crippen molar-refractivity contribution >= 4 is 11.9 Å². The molecule has 2 heterocycles. The number of likely N-dealkylation sites (N-methyl/N-ethyl adjacent to an activating group) is 1. The number of hydrazine groups is 1. The lowest BCUT2D eigenvalue weighted by Crippen LogP contribution is -2.52. The van der Waals surface area contributed by atoms with Crippen LogP contribution in [0.4, 0.5) is 0 Å². The number of carboxylic acid groups (broad SMARTS) is 1. The molecule has 2 N–H and O–H groups in total. The van der Waals surface area contributed by atoms with Crippen molar-refractivity contribution in [3.63, 3.8) is 0 Å². The van der Waals surface area contributed by atoms with Gasteiger partial charge in [-0.15, -0.1) is 0 Å². The molecule has 1 atom stereocenters. The van der Waals surface area contributed by atoms with Crippen LogP contribution >= 0.6 is 0 Å². The second kappa shape index (κ2) is 6.06. The van der Waals surface area contributed by atoms with Gasteiger partial charge in [0.15, 0.2) is 11.4 Å². The molecule has 0 radical (unpaired) electrons. The highest BCUT2D eigenvalue weighted by Crippen LogP contribution is 2.30. The summed E-state index contributed by atoms with van der Waals surface area (Å²) >= 11 is 0. The van der Waals surface area contributed by atoms with Gasteiger partial charge in [-0.25, -0.2) is 4.79 Å². The zero-order chi connectivity index (χ0) is 18.3. The molecule has 1 aromatic carbocycles. The number of carbonyl (C=O) groups is 2. The Labute approximate surface area is 143 Å². The lowest BCUT2D eigenvalue weighted by atomic mass is 10.1. The van der Waals surface area contributed by atoms with Gasteiger partial charge in [0.1, 0.15) is 11.7 Å². The van der Waals surface area contributed by atoms with Crippen LogP contribution in [0.2, 0.25) is 0 Å². The Bertz CT molecular complexity index is 906. The molecule has 3 rings (SSSR count). The van der Waals surface area contributed by atoms with Crippen molar-refractivity contribution < 1.29 is 19.8 Å². The predicted octanol–water partition coefficient (Wildman–Crippen LogP) is 0.926. The van der Waals surface area contributed by atoms with Crippen LogP contribution in [0, 0.1) is 0 Å². The number of carbonyl (C=O) groups excluding carboxylic acids is 1. The van der Waals surface area contributed by atoms with Gasteiger partial charge in [0.2, 0.25) is 5.43 Å². The average molecular weight is 343 g/mol. The second-order valence-corrected chi connectivity index (χ2v) is 5.85. The van der Waals surface area contributed by atoms with E-state index in [-0.39, 0.29) is 5.69 Å². The van der Waals surface area contributed by atoms with Crippen LogP contribution in [-0.2, 0) is 6.42 Å². The lowest BCUT2D eigenvalue weighted by molar-refractivity contribution is -0.0423. The number of fused-ring (bicyclic) bond motifs is 1. The van der Waals surface area contributed by atoms with Crippen LogP contribution in [0.3, 0.4) is 0 Å². The number of aromatic hydroxyl groups is 1. The Morgan fingerprint density at radius 1 is 1.16 bits per heavy atom. The van der Waals surface area contributed by atoms with Gasteiger partial charge in [-0.2, -0.15) is 5.01 Å². The maximum Gasteiger partial charge on any atom is 0.341 e. The van der Waals surface area contributed by atoms with E-state index >= 15 is 0 Å². The molecule has 0 spiro atoms. The summed E-state index contributed by atoms with van der Waals surface area (Å²) in [6.45, 7) is 0. The van der Waals surface area contributed by atoms with Crippen LogP contribution in [0.1, 0.15) is 32.6 Å². The van der Waals surface area contributed by atoms with E-state index in [9.17, 15) is 24.6 Å². The Morgan fingerprint density at radius 2 is 1.80 bits per heavy atom. The fourth-order valence-electron chi connectivity index (χ4n) is 2.95. The number of rotatable bonds is 3. The van der Waals surface area contributed by atoms with Crippen LogP contribution in [0.25, 0.3) is 0 Å². The highest BCUT2D eigenvalue weighted by molar-refractivity contribution is 5.97. The van der Waals surface area contributed by atoms with E-state index < -0.39 is 34.8 Å². The molecular formula is C17H17N3O5. The van der Waals surface area contributed by atoms with E-state index in [1.54, 1.807) is 12.1 Å². The van der Waals surface area contributed by atoms with E-state index in [1.165, 1.54) is 16.6 Å². The van der Waals surface area contributed by atoms with Crippen LogP contribution in [-0.4, -0.2) is 50.8 Å². The number of carboxylic acids is 1. The van der Waals surface area contributed by atoms with Crippen LogP contribution < -0.4 is 5.43 Å². The number of nitrogens with zero attached hydrogens (tertiary/aromatic N) is 3. The summed E-state index contributed by atoms with van der Waals surface area (Å²) in [6, 6.07) is 9.44. The van der Waals surface area contributed by atoms with Crippen molar-refractivity contribution in [2.45, 2.75) is 12.6 Å². The van der Waals surface area contributed by atoms with Gasteiger partial charge >= 0.3 is 5.97 Å². The third kappa shape index (κ3) is 2.66. The van der Waals surface area contributed by atoms with Gasteiger partial charge in [0.25, 0.3) is 5.91 Å². The zero-order valence-electron chi connectivity index (χ0n) is 13.7. The first-order valence-corrected chi connectivity index (χ1v) is 7.59. The third-order valence-corrected chi connectivity index (χ3v) is 4.42. The summed E-state index contributed by atoms with van der Waals surface area (Å²) in [5, 5.41) is 22.3. The Kier molecular flexibility index (Phi) is 4.05. The molecule has 25 heavy (non-hydrogen) atoms. The van der Waals surface area contributed by atoms with Crippen molar-refractivity contribution in [1.82, 2.24) is 14.6 Å². The molecule has 130 valence electrons. The summed E-state index contributed by atoms with van der Waals surface area (Å²) < 4.78 is 1.36. The molecule has 0 saturated carbocycles. The van der Waals surface area contributed by atoms with Crippen molar-refractivity contribution in [3.05, 3.63) is 63.6 Å². The van der Waals surface area contributed by atoms with Gasteiger partial charge < -0.3 is 14.8 Å². The molecule has 1 aliphatic heterocycles. The third-order valence-electron chi connectivity index (χ3n) is 4.42. The lowest BCUT2D eigenvalue weighted by Gasteiger charge is -2.42. The molecule has 0 saturated heterocycles. The molecule has 1 amide bonds. The quantitative estimate of drug-likeness (QED) is 0.859. The number of pyridine rings is 1. The monoisotopic (exact) mass is 343 g/mol. The minimum atomic E-state index is -1.46. The van der Waals surface area contributed by atoms with Crippen molar-refractivity contribution in [2.24, 2.45) is 0 Å². The number of amides is 1. The first-order chi connectivity index (χ1) is 11.8. The average Bonchev–Trinajstić information content (AvgIpc) is 2.59. The first kappa shape index (κ1) is 16.7. The van der Waals surface area contributed by atoms with Gasteiger partial charge in [-0.3, -0.25) is 14.6 Å². The standard InChI is InChI=1S/C17H17N3O5/c1-18-12(8-10-6-4-3-5-7-10)20-9-11(17(24)25)14(21)15(22)13(20)16(23)19(18)2/h3-7,9,12,22H,8H2,1-2H3,(H,24,25). The molecule has 0 fully saturated rings. The summed E-state index contributed by atoms with van der Waals surface area (Å²) in [5.74, 6) is -2.88. The fourth-order valence-corrected chi connectivity index (χ4v) is 2.95. The highest BCUT2D eigenvalue weighted by atomic mass is 16.4. The van der Waals surface area contributed by atoms with E-state index in [4.69, 9.17) is 0 Å². The van der Waals surface area contributed by atoms with Crippen molar-refractivity contribution in [1.29, 1.82) is 0 Å². The Morgan fingerprint density at radius 3 is 2.40 bits per heavy atom. The molecule has 0 aliphatic carbocycles. The zero-order valence-corrected chi connectivity index (χ0v) is 13.7. The highest BCUT2D eigenvalue weighted by Gasteiger charge is 2.37. The second-order valence-electron chi connectivity index (χ2n) is 5.85. The molecule has 8 heteroatoms. The van der Waals surface area contributed by atoms with Crippen molar-refractivity contribution in [3.8, 4) is 5.75 Å². The van der Waals surface area contributed by atoms with Gasteiger partial charge in [-0.1, -0.05) is 30.3 Å². The smallest absolute Gasteiger partial charge is 0.341 e. The minimum Gasteiger partial charge on any atom is -0.503 e. The van der Waals surface area contributed by atoms with Crippen LogP contribution in [0.15, 0.2) is 41.3 Å². The topological polar surface area (TPSA) is 103 Å². The summed E-state index contributed by atoms with van der Waals surface area (Å²) in [7, 11) is 3.21. The van der Waals surface area contributed by atoms with Crippen molar-refractivity contribution in [2.75, 3.05) is 14.1 Å². The fraction of sp³-hybridized carbons (Fsp3) is 0.235. The van der Waals surface area contributed by atoms with E-state index in [0.717, 1.165) is 11.8 Å². The van der Waals surface area contributed by atoms with Gasteiger partial charge in [0, 0.05) is 26.7 Å². The molecule has 1 unspecified atom stereocenters. The maximum atomic E-state index is 12.5. The minimum absolute atomic E-state index is 0.212. The molecule has 8 nitrogen and oxygen atoms in total.